The Balaban J connectivity index is 2.13. The maximum Gasteiger partial charge on any atom is 0.223 e. The van der Waals surface area contributed by atoms with Crippen molar-refractivity contribution in [2.45, 2.75) is 32.7 Å². The average Bonchev–Trinajstić information content (AvgIpc) is 2.72. The Morgan fingerprint density at radius 1 is 1.55 bits per heavy atom. The van der Waals surface area contributed by atoms with Gasteiger partial charge in [0, 0.05) is 30.6 Å². The maximum absolute atomic E-state index is 14.2. The Labute approximate surface area is 123 Å². The van der Waals surface area contributed by atoms with E-state index in [-0.39, 0.29) is 16.5 Å². The first kappa shape index (κ1) is 14.9. The van der Waals surface area contributed by atoms with Crippen LogP contribution in [0.1, 0.15) is 37.3 Å². The first-order valence-electron chi connectivity index (χ1n) is 6.87. The molecule has 108 valence electrons. The van der Waals surface area contributed by atoms with Crippen LogP contribution >= 0.6 is 12.2 Å². The zero-order valence-electron chi connectivity index (χ0n) is 11.6. The second-order valence-corrected chi connectivity index (χ2v) is 5.72. The Bertz CT molecular complexity index is 533. The van der Waals surface area contributed by atoms with E-state index < -0.39 is 5.82 Å². The van der Waals surface area contributed by atoms with Gasteiger partial charge in [-0.15, -0.1) is 0 Å². The van der Waals surface area contributed by atoms with Crippen LogP contribution in [0.15, 0.2) is 18.2 Å². The molecule has 1 aliphatic heterocycles. The van der Waals surface area contributed by atoms with Crippen molar-refractivity contribution in [3.05, 3.63) is 35.1 Å². The van der Waals surface area contributed by atoms with Crippen LogP contribution in [0.3, 0.4) is 0 Å². The quantitative estimate of drug-likeness (QED) is 0.849. The summed E-state index contributed by atoms with van der Waals surface area (Å²) in [7, 11) is 0. The van der Waals surface area contributed by atoms with Crippen molar-refractivity contribution in [2.24, 2.45) is 11.7 Å². The number of hydrogen-bond acceptors (Lipinski definition) is 2. The number of nitrogens with zero attached hydrogens (tertiary/aromatic N) is 1. The van der Waals surface area contributed by atoms with E-state index in [1.165, 1.54) is 0 Å². The fourth-order valence-corrected chi connectivity index (χ4v) is 2.86. The first-order chi connectivity index (χ1) is 9.52. The molecule has 20 heavy (non-hydrogen) atoms. The summed E-state index contributed by atoms with van der Waals surface area (Å²) in [5, 5.41) is 0. The fraction of sp³-hybridized carbons (Fsp3) is 0.467. The minimum atomic E-state index is -0.410. The van der Waals surface area contributed by atoms with Gasteiger partial charge in [0.05, 0.1) is 0 Å². The van der Waals surface area contributed by atoms with Crippen molar-refractivity contribution >= 4 is 23.1 Å². The van der Waals surface area contributed by atoms with Gasteiger partial charge in [-0.25, -0.2) is 4.39 Å². The lowest BCUT2D eigenvalue weighted by Gasteiger charge is -2.18. The topological polar surface area (TPSA) is 46.3 Å². The number of hydrogen-bond donors (Lipinski definition) is 1. The molecule has 0 saturated carbocycles. The number of halogens is 1. The van der Waals surface area contributed by atoms with E-state index in [9.17, 15) is 9.18 Å². The molecule has 0 aromatic heterocycles. The number of carbonyl (C=O) groups is 1. The molecule has 1 aliphatic rings. The molecule has 2 N–H and O–H groups in total. The smallest absolute Gasteiger partial charge is 0.223 e. The average molecular weight is 294 g/mol. The van der Waals surface area contributed by atoms with Gasteiger partial charge in [-0.1, -0.05) is 37.7 Å². The van der Waals surface area contributed by atoms with Gasteiger partial charge in [-0.3, -0.25) is 4.79 Å². The number of benzene rings is 1. The van der Waals surface area contributed by atoms with Gasteiger partial charge in [-0.2, -0.15) is 0 Å². The number of nitrogens with two attached hydrogens (primary N) is 1. The van der Waals surface area contributed by atoms with E-state index in [0.29, 0.717) is 31.0 Å². The first-order valence-corrected chi connectivity index (χ1v) is 7.28. The molecule has 1 aromatic carbocycles. The highest BCUT2D eigenvalue weighted by Crippen LogP contribution is 2.25. The van der Waals surface area contributed by atoms with E-state index >= 15 is 0 Å². The molecule has 0 radical (unpaired) electrons. The fourth-order valence-electron chi connectivity index (χ4n) is 2.71. The molecule has 1 fully saturated rings. The third-order valence-corrected chi connectivity index (χ3v) is 3.92. The zero-order valence-corrected chi connectivity index (χ0v) is 12.4. The molecule has 3 nitrogen and oxygen atoms in total. The van der Waals surface area contributed by atoms with Gasteiger partial charge in [0.15, 0.2) is 0 Å². The van der Waals surface area contributed by atoms with Gasteiger partial charge in [0.1, 0.15) is 10.8 Å². The predicted molar refractivity (Wildman–Crippen MR) is 80.7 cm³/mol. The summed E-state index contributed by atoms with van der Waals surface area (Å²) in [5.41, 5.74) is 6.21. The number of rotatable bonds is 5. The van der Waals surface area contributed by atoms with Gasteiger partial charge < -0.3 is 10.6 Å². The van der Waals surface area contributed by atoms with E-state index in [2.05, 4.69) is 6.92 Å². The van der Waals surface area contributed by atoms with Crippen molar-refractivity contribution < 1.29 is 9.18 Å². The molecule has 1 aromatic rings. The largest absolute Gasteiger partial charge is 0.389 e. The highest BCUT2D eigenvalue weighted by molar-refractivity contribution is 7.80. The van der Waals surface area contributed by atoms with Crippen molar-refractivity contribution in [1.82, 2.24) is 4.90 Å². The summed E-state index contributed by atoms with van der Waals surface area (Å²) in [6, 6.07) is 4.96. The van der Waals surface area contributed by atoms with Crippen LogP contribution in [-0.2, 0) is 11.3 Å². The Morgan fingerprint density at radius 2 is 2.30 bits per heavy atom. The lowest BCUT2D eigenvalue weighted by molar-refractivity contribution is -0.128. The third-order valence-electron chi connectivity index (χ3n) is 3.70. The van der Waals surface area contributed by atoms with E-state index in [1.54, 1.807) is 23.1 Å². The SMILES string of the molecule is CCCC1CC(=O)N(Cc2cccc(C(N)=S)c2F)C1. The van der Waals surface area contributed by atoms with Crippen molar-refractivity contribution in [1.29, 1.82) is 0 Å². The third kappa shape index (κ3) is 3.15. The lowest BCUT2D eigenvalue weighted by atomic mass is 10.0. The normalized spacial score (nSPS) is 18.6. The van der Waals surface area contributed by atoms with Gasteiger partial charge >= 0.3 is 0 Å². The highest BCUT2D eigenvalue weighted by atomic mass is 32.1. The molecule has 1 unspecified atom stereocenters. The predicted octanol–water partition coefficient (Wildman–Crippen LogP) is 2.61. The molecule has 5 heteroatoms. The number of thiocarbonyl (C=S) groups is 1. The van der Waals surface area contributed by atoms with Crippen LogP contribution in [0.25, 0.3) is 0 Å². The monoisotopic (exact) mass is 294 g/mol. The lowest BCUT2D eigenvalue weighted by Crippen LogP contribution is -2.25. The van der Waals surface area contributed by atoms with Crippen LogP contribution in [0.5, 0.6) is 0 Å². The van der Waals surface area contributed by atoms with Crippen LogP contribution in [0, 0.1) is 11.7 Å². The summed E-state index contributed by atoms with van der Waals surface area (Å²) < 4.78 is 14.2. The highest BCUT2D eigenvalue weighted by Gasteiger charge is 2.29. The number of likely N-dealkylation sites (tertiary alicyclic amines) is 1. The van der Waals surface area contributed by atoms with Crippen molar-refractivity contribution in [3.63, 3.8) is 0 Å². The minimum absolute atomic E-state index is 0.0426. The van der Waals surface area contributed by atoms with Crippen molar-refractivity contribution in [2.75, 3.05) is 6.54 Å². The number of carbonyl (C=O) groups excluding carboxylic acids is 1. The van der Waals surface area contributed by atoms with Crippen LogP contribution in [0.2, 0.25) is 0 Å². The van der Waals surface area contributed by atoms with Crippen LogP contribution in [-0.4, -0.2) is 22.3 Å². The molecular weight excluding hydrogens is 275 g/mol. The number of amides is 1. The molecule has 0 bridgehead atoms. The molecule has 1 atom stereocenters. The Morgan fingerprint density at radius 3 is 2.95 bits per heavy atom. The standard InChI is InChI=1S/C15H19FN2OS/c1-2-4-10-7-13(19)18(8-10)9-11-5-3-6-12(14(11)16)15(17)20/h3,5-6,10H,2,4,7-9H2,1H3,(H2,17,20). The van der Waals surface area contributed by atoms with E-state index in [4.69, 9.17) is 18.0 Å². The van der Waals surface area contributed by atoms with E-state index in [0.717, 1.165) is 12.8 Å². The summed E-state index contributed by atoms with van der Waals surface area (Å²) in [5.74, 6) is 0.0876. The molecule has 0 aliphatic carbocycles. The molecule has 1 saturated heterocycles. The summed E-state index contributed by atoms with van der Waals surface area (Å²) in [6.07, 6.45) is 2.68. The molecule has 1 heterocycles. The Kier molecular flexibility index (Phi) is 4.70. The van der Waals surface area contributed by atoms with Gasteiger partial charge in [0.2, 0.25) is 5.91 Å². The Hall–Kier alpha value is -1.49. The van der Waals surface area contributed by atoms with Gasteiger partial charge in [-0.05, 0) is 18.4 Å². The zero-order chi connectivity index (χ0) is 14.7. The molecule has 1 amide bonds. The van der Waals surface area contributed by atoms with Crippen LogP contribution < -0.4 is 5.73 Å². The molecule has 0 spiro atoms. The van der Waals surface area contributed by atoms with E-state index in [1.807, 2.05) is 0 Å². The summed E-state index contributed by atoms with van der Waals surface area (Å²) in [6.45, 7) is 3.11. The molecular formula is C15H19FN2OS. The summed E-state index contributed by atoms with van der Waals surface area (Å²) in [4.78, 5) is 13.7. The van der Waals surface area contributed by atoms with Crippen LogP contribution in [0.4, 0.5) is 4.39 Å². The molecule has 2 rings (SSSR count). The summed E-state index contributed by atoms with van der Waals surface area (Å²) >= 11 is 4.83. The second-order valence-electron chi connectivity index (χ2n) is 5.28. The minimum Gasteiger partial charge on any atom is -0.389 e. The maximum atomic E-state index is 14.2. The van der Waals surface area contributed by atoms with Crippen molar-refractivity contribution in [3.8, 4) is 0 Å². The second kappa shape index (κ2) is 6.31. The van der Waals surface area contributed by atoms with Gasteiger partial charge in [0.25, 0.3) is 0 Å².